The Kier molecular flexibility index (Phi) is 5.28. The molecule has 0 spiro atoms. The van der Waals surface area contributed by atoms with Gasteiger partial charge in [-0.3, -0.25) is 4.98 Å². The maximum absolute atomic E-state index is 6.12. The third-order valence-corrected chi connectivity index (χ3v) is 5.98. The van der Waals surface area contributed by atoms with E-state index in [9.17, 15) is 0 Å². The van der Waals surface area contributed by atoms with Crippen LogP contribution in [0.1, 0.15) is 29.7 Å². The Balaban J connectivity index is 1.24. The molecule has 8 nitrogen and oxygen atoms in total. The van der Waals surface area contributed by atoms with Crippen molar-refractivity contribution >= 4 is 11.6 Å². The van der Waals surface area contributed by atoms with Crippen LogP contribution in [-0.2, 0) is 13.1 Å². The molecule has 0 unspecified atom stereocenters. The van der Waals surface area contributed by atoms with Gasteiger partial charge in [0.05, 0.1) is 25.5 Å². The fourth-order valence-corrected chi connectivity index (χ4v) is 4.35. The van der Waals surface area contributed by atoms with E-state index in [1.807, 2.05) is 24.4 Å². The second-order valence-corrected chi connectivity index (χ2v) is 7.95. The normalized spacial score (nSPS) is 16.3. The van der Waals surface area contributed by atoms with Gasteiger partial charge in [0.2, 0.25) is 5.88 Å². The van der Waals surface area contributed by atoms with Crippen molar-refractivity contribution < 1.29 is 9.47 Å². The summed E-state index contributed by atoms with van der Waals surface area (Å²) in [4.78, 5) is 22.6. The summed E-state index contributed by atoms with van der Waals surface area (Å²) in [5, 5.41) is 0. The van der Waals surface area contributed by atoms with Crippen molar-refractivity contribution in [2.45, 2.75) is 39.0 Å². The maximum atomic E-state index is 6.12. The van der Waals surface area contributed by atoms with Gasteiger partial charge in [0.1, 0.15) is 29.8 Å². The number of pyridine rings is 2. The molecule has 160 valence electrons. The summed E-state index contributed by atoms with van der Waals surface area (Å²) >= 11 is 0. The van der Waals surface area contributed by atoms with Crippen LogP contribution in [0, 0.1) is 6.92 Å². The monoisotopic (exact) mass is 418 g/mol. The molecule has 5 heterocycles. The molecule has 0 atom stereocenters. The zero-order valence-corrected chi connectivity index (χ0v) is 17.9. The predicted molar refractivity (Wildman–Crippen MR) is 118 cm³/mol. The highest BCUT2D eigenvalue weighted by Crippen LogP contribution is 2.32. The van der Waals surface area contributed by atoms with E-state index in [4.69, 9.17) is 9.47 Å². The van der Waals surface area contributed by atoms with Crippen molar-refractivity contribution in [3.05, 3.63) is 59.8 Å². The lowest BCUT2D eigenvalue weighted by Crippen LogP contribution is -2.39. The smallest absolute Gasteiger partial charge is 0.213 e. The largest absolute Gasteiger partial charge is 0.489 e. The third-order valence-electron chi connectivity index (χ3n) is 5.98. The number of aromatic nitrogens is 4. The zero-order valence-electron chi connectivity index (χ0n) is 17.9. The third kappa shape index (κ3) is 3.97. The number of methoxy groups -OCH3 is 1. The van der Waals surface area contributed by atoms with E-state index >= 15 is 0 Å². The van der Waals surface area contributed by atoms with Gasteiger partial charge < -0.3 is 19.3 Å². The van der Waals surface area contributed by atoms with Gasteiger partial charge in [-0.05, 0) is 24.6 Å². The minimum absolute atomic E-state index is 0.173. The van der Waals surface area contributed by atoms with Crippen molar-refractivity contribution in [1.29, 1.82) is 0 Å². The number of fused-ring (bicyclic) bond motifs is 1. The summed E-state index contributed by atoms with van der Waals surface area (Å²) in [6, 6.07) is 7.86. The van der Waals surface area contributed by atoms with Crippen LogP contribution in [0.2, 0.25) is 0 Å². The van der Waals surface area contributed by atoms with Gasteiger partial charge in [-0.25, -0.2) is 15.0 Å². The van der Waals surface area contributed by atoms with Crippen LogP contribution in [0.4, 0.5) is 11.6 Å². The maximum Gasteiger partial charge on any atom is 0.213 e. The van der Waals surface area contributed by atoms with Gasteiger partial charge in [-0.2, -0.15) is 0 Å². The van der Waals surface area contributed by atoms with Gasteiger partial charge in [0.15, 0.2) is 0 Å². The van der Waals surface area contributed by atoms with Gasteiger partial charge in [-0.15, -0.1) is 0 Å². The summed E-state index contributed by atoms with van der Waals surface area (Å²) < 4.78 is 11.2. The Morgan fingerprint density at radius 2 is 1.74 bits per heavy atom. The van der Waals surface area contributed by atoms with E-state index in [2.05, 4.69) is 42.7 Å². The average Bonchev–Trinajstić information content (AvgIpc) is 3.24. The van der Waals surface area contributed by atoms with E-state index in [1.165, 1.54) is 5.56 Å². The predicted octanol–water partition coefficient (Wildman–Crippen LogP) is 3.15. The molecule has 0 amide bonds. The quantitative estimate of drug-likeness (QED) is 0.625. The van der Waals surface area contributed by atoms with Gasteiger partial charge in [-0.1, -0.05) is 6.07 Å². The minimum Gasteiger partial charge on any atom is -0.489 e. The molecular weight excluding hydrogens is 392 g/mol. The number of ether oxygens (including phenoxy) is 2. The van der Waals surface area contributed by atoms with Gasteiger partial charge in [0.25, 0.3) is 0 Å². The number of piperidine rings is 1. The van der Waals surface area contributed by atoms with E-state index in [1.54, 1.807) is 19.6 Å². The van der Waals surface area contributed by atoms with E-state index in [0.717, 1.165) is 67.7 Å². The van der Waals surface area contributed by atoms with Gasteiger partial charge in [0, 0.05) is 50.3 Å². The Hall–Kier alpha value is -3.42. The van der Waals surface area contributed by atoms with Crippen LogP contribution < -0.4 is 19.3 Å². The molecule has 3 aromatic heterocycles. The van der Waals surface area contributed by atoms with Crippen molar-refractivity contribution in [1.82, 2.24) is 19.9 Å². The Morgan fingerprint density at radius 3 is 2.45 bits per heavy atom. The van der Waals surface area contributed by atoms with Crippen molar-refractivity contribution in [2.24, 2.45) is 0 Å². The molecule has 8 heteroatoms. The van der Waals surface area contributed by atoms with Crippen LogP contribution in [0.25, 0.3) is 0 Å². The SMILES string of the molecule is COc1ccc(OC2CCN(c3ncnc(N4Cc5cccnc5C4)c3C)CC2)cn1. The number of anilines is 2. The molecule has 1 fully saturated rings. The number of rotatable bonds is 5. The van der Waals surface area contributed by atoms with Crippen LogP contribution in [-0.4, -0.2) is 46.2 Å². The summed E-state index contributed by atoms with van der Waals surface area (Å²) in [6.45, 7) is 5.54. The second-order valence-electron chi connectivity index (χ2n) is 7.95. The average molecular weight is 419 g/mol. The highest BCUT2D eigenvalue weighted by molar-refractivity contribution is 5.60. The highest BCUT2D eigenvalue weighted by Gasteiger charge is 2.27. The fraction of sp³-hybridized carbons (Fsp3) is 0.391. The standard InChI is InChI=1S/C23H26N6O2/c1-16-22(26-15-27-23(16)29-13-17-4-3-9-24-20(17)14-29)28-10-7-18(8-11-28)31-19-5-6-21(30-2)25-12-19/h3-6,9,12,15,18H,7-8,10-11,13-14H2,1-2H3. The van der Waals surface area contributed by atoms with Crippen molar-refractivity contribution in [3.8, 4) is 11.6 Å². The first-order valence-electron chi connectivity index (χ1n) is 10.6. The van der Waals surface area contributed by atoms with Gasteiger partial charge >= 0.3 is 0 Å². The molecule has 1 saturated heterocycles. The first kappa shape index (κ1) is 19.5. The van der Waals surface area contributed by atoms with Crippen LogP contribution in [0.5, 0.6) is 11.6 Å². The molecule has 0 aliphatic carbocycles. The molecule has 0 N–H and O–H groups in total. The van der Waals surface area contributed by atoms with Crippen LogP contribution in [0.3, 0.4) is 0 Å². The van der Waals surface area contributed by atoms with Crippen LogP contribution in [0.15, 0.2) is 43.0 Å². The number of nitrogens with zero attached hydrogens (tertiary/aromatic N) is 6. The first-order chi connectivity index (χ1) is 15.2. The van der Waals surface area contributed by atoms with Crippen LogP contribution >= 0.6 is 0 Å². The number of hydrogen-bond donors (Lipinski definition) is 0. The Bertz CT molecular complexity index is 1030. The lowest BCUT2D eigenvalue weighted by atomic mass is 10.1. The molecule has 0 bridgehead atoms. The highest BCUT2D eigenvalue weighted by atomic mass is 16.5. The second kappa shape index (κ2) is 8.37. The van der Waals surface area contributed by atoms with E-state index < -0.39 is 0 Å². The number of hydrogen-bond acceptors (Lipinski definition) is 8. The summed E-state index contributed by atoms with van der Waals surface area (Å²) in [7, 11) is 1.61. The topological polar surface area (TPSA) is 76.5 Å². The summed E-state index contributed by atoms with van der Waals surface area (Å²) in [5.74, 6) is 3.38. The van der Waals surface area contributed by atoms with Crippen molar-refractivity contribution in [2.75, 3.05) is 30.0 Å². The Labute approximate surface area is 181 Å². The molecule has 0 saturated carbocycles. The molecule has 0 aromatic carbocycles. The lowest BCUT2D eigenvalue weighted by molar-refractivity contribution is 0.169. The molecule has 2 aliphatic rings. The molecule has 31 heavy (non-hydrogen) atoms. The first-order valence-corrected chi connectivity index (χ1v) is 10.6. The summed E-state index contributed by atoms with van der Waals surface area (Å²) in [5.41, 5.74) is 3.52. The summed E-state index contributed by atoms with van der Waals surface area (Å²) in [6.07, 6.45) is 7.30. The molecule has 3 aromatic rings. The van der Waals surface area contributed by atoms with E-state index in [0.29, 0.717) is 5.88 Å². The van der Waals surface area contributed by atoms with Crippen molar-refractivity contribution in [3.63, 3.8) is 0 Å². The Morgan fingerprint density at radius 1 is 0.935 bits per heavy atom. The zero-order chi connectivity index (χ0) is 21.2. The molecule has 5 rings (SSSR count). The van der Waals surface area contributed by atoms with E-state index in [-0.39, 0.29) is 6.10 Å². The minimum atomic E-state index is 0.173. The lowest BCUT2D eigenvalue weighted by Gasteiger charge is -2.34. The fourth-order valence-electron chi connectivity index (χ4n) is 4.35. The molecule has 2 aliphatic heterocycles. The molecular formula is C23H26N6O2. The molecule has 0 radical (unpaired) electrons.